The van der Waals surface area contributed by atoms with E-state index < -0.39 is 0 Å². The summed E-state index contributed by atoms with van der Waals surface area (Å²) in [6, 6.07) is 11.5. The predicted octanol–water partition coefficient (Wildman–Crippen LogP) is 1.97. The number of aryl methyl sites for hydroxylation is 2. The molecule has 2 N–H and O–H groups in total. The number of aromatic nitrogens is 2. The van der Waals surface area contributed by atoms with Gasteiger partial charge in [0, 0.05) is 13.7 Å². The number of aliphatic hydroxyl groups excluding tert-OH is 1. The fourth-order valence-electron chi connectivity index (χ4n) is 2.36. The minimum atomic E-state index is -0.148. The van der Waals surface area contributed by atoms with Crippen molar-refractivity contribution in [1.82, 2.24) is 15.1 Å². The van der Waals surface area contributed by atoms with Crippen molar-refractivity contribution in [3.05, 3.63) is 53.3 Å². The van der Waals surface area contributed by atoms with Crippen LogP contribution in [-0.4, -0.2) is 27.4 Å². The van der Waals surface area contributed by atoms with Gasteiger partial charge in [0.1, 0.15) is 5.69 Å². The average molecular weight is 287 g/mol. The Labute approximate surface area is 124 Å². The lowest BCUT2D eigenvalue weighted by Gasteiger charge is -2.19. The minimum Gasteiger partial charge on any atom is -0.396 e. The second-order valence-corrected chi connectivity index (χ2v) is 5.10. The Morgan fingerprint density at radius 3 is 2.67 bits per heavy atom. The second-order valence-electron chi connectivity index (χ2n) is 5.10. The molecule has 1 aromatic heterocycles. The minimum absolute atomic E-state index is 0.110. The molecule has 112 valence electrons. The Morgan fingerprint density at radius 2 is 2.10 bits per heavy atom. The molecule has 1 heterocycles. The van der Waals surface area contributed by atoms with E-state index in [1.54, 1.807) is 17.8 Å². The number of nitrogens with one attached hydrogen (secondary N) is 1. The molecule has 2 rings (SSSR count). The summed E-state index contributed by atoms with van der Waals surface area (Å²) in [6.07, 6.45) is 1.34. The maximum absolute atomic E-state index is 12.4. The first-order valence-corrected chi connectivity index (χ1v) is 7.09. The normalized spacial score (nSPS) is 12.1. The number of carbonyl (C=O) groups excluding carboxylic acids is 1. The molecule has 5 heteroatoms. The smallest absolute Gasteiger partial charge is 0.270 e. The van der Waals surface area contributed by atoms with E-state index in [2.05, 4.69) is 10.4 Å². The van der Waals surface area contributed by atoms with Gasteiger partial charge < -0.3 is 10.4 Å². The molecule has 1 unspecified atom stereocenters. The van der Waals surface area contributed by atoms with Crippen molar-refractivity contribution in [2.75, 3.05) is 6.61 Å². The van der Waals surface area contributed by atoms with Crippen LogP contribution in [0.5, 0.6) is 0 Å². The zero-order valence-electron chi connectivity index (χ0n) is 12.4. The van der Waals surface area contributed by atoms with Crippen LogP contribution in [0.4, 0.5) is 0 Å². The van der Waals surface area contributed by atoms with Crippen LogP contribution in [0.2, 0.25) is 0 Å². The van der Waals surface area contributed by atoms with Crippen molar-refractivity contribution in [2.24, 2.45) is 7.05 Å². The molecule has 0 spiro atoms. The van der Waals surface area contributed by atoms with E-state index in [-0.39, 0.29) is 18.6 Å². The lowest BCUT2D eigenvalue weighted by atomic mass is 10.0. The Hall–Kier alpha value is -2.14. The summed E-state index contributed by atoms with van der Waals surface area (Å²) in [5.74, 6) is -0.148. The van der Waals surface area contributed by atoms with Crippen molar-refractivity contribution in [3.63, 3.8) is 0 Å². The van der Waals surface area contributed by atoms with Gasteiger partial charge in [-0.3, -0.25) is 9.48 Å². The van der Waals surface area contributed by atoms with Crippen LogP contribution in [-0.2, 0) is 7.05 Å². The van der Waals surface area contributed by atoms with Gasteiger partial charge in [-0.25, -0.2) is 0 Å². The lowest BCUT2D eigenvalue weighted by Crippen LogP contribution is -2.30. The molecule has 0 saturated heterocycles. The highest BCUT2D eigenvalue weighted by molar-refractivity contribution is 5.92. The third-order valence-electron chi connectivity index (χ3n) is 3.39. The van der Waals surface area contributed by atoms with E-state index in [4.69, 9.17) is 5.11 Å². The Bertz CT molecular complexity index is 593. The monoisotopic (exact) mass is 287 g/mol. The summed E-state index contributed by atoms with van der Waals surface area (Å²) in [6.45, 7) is 1.97. The quantitative estimate of drug-likeness (QED) is 0.853. The molecule has 0 radical (unpaired) electrons. The van der Waals surface area contributed by atoms with E-state index in [1.165, 1.54) is 0 Å². The summed E-state index contributed by atoms with van der Waals surface area (Å²) in [5.41, 5.74) is 2.39. The largest absolute Gasteiger partial charge is 0.396 e. The molecule has 0 fully saturated rings. The van der Waals surface area contributed by atoms with E-state index in [1.807, 2.05) is 37.3 Å². The van der Waals surface area contributed by atoms with Gasteiger partial charge in [0.15, 0.2) is 0 Å². The van der Waals surface area contributed by atoms with Gasteiger partial charge in [0.25, 0.3) is 5.91 Å². The van der Waals surface area contributed by atoms with Crippen molar-refractivity contribution in [3.8, 4) is 0 Å². The first kappa shape index (κ1) is 15.3. The number of amides is 1. The van der Waals surface area contributed by atoms with Crippen molar-refractivity contribution >= 4 is 5.91 Å². The summed E-state index contributed by atoms with van der Waals surface area (Å²) >= 11 is 0. The zero-order chi connectivity index (χ0) is 15.2. The fraction of sp³-hybridized carbons (Fsp3) is 0.375. The zero-order valence-corrected chi connectivity index (χ0v) is 12.4. The Balaban J connectivity index is 2.15. The van der Waals surface area contributed by atoms with Crippen LogP contribution < -0.4 is 5.32 Å². The topological polar surface area (TPSA) is 67.2 Å². The maximum Gasteiger partial charge on any atom is 0.270 e. The highest BCUT2D eigenvalue weighted by Crippen LogP contribution is 2.19. The first-order valence-electron chi connectivity index (χ1n) is 7.09. The van der Waals surface area contributed by atoms with E-state index in [0.717, 1.165) is 11.3 Å². The van der Waals surface area contributed by atoms with Gasteiger partial charge in [0.05, 0.1) is 11.7 Å². The summed E-state index contributed by atoms with van der Waals surface area (Å²) in [5, 5.41) is 16.3. The molecule has 0 aliphatic rings. The van der Waals surface area contributed by atoms with Crippen LogP contribution in [0, 0.1) is 6.92 Å². The molecule has 21 heavy (non-hydrogen) atoms. The van der Waals surface area contributed by atoms with Crippen molar-refractivity contribution < 1.29 is 9.90 Å². The molecule has 0 bridgehead atoms. The van der Waals surface area contributed by atoms with Crippen molar-refractivity contribution in [2.45, 2.75) is 25.8 Å². The Kier molecular flexibility index (Phi) is 5.11. The van der Waals surface area contributed by atoms with Crippen LogP contribution in [0.25, 0.3) is 0 Å². The number of rotatable bonds is 6. The lowest BCUT2D eigenvalue weighted by molar-refractivity contribution is 0.0923. The van der Waals surface area contributed by atoms with Crippen molar-refractivity contribution in [1.29, 1.82) is 0 Å². The van der Waals surface area contributed by atoms with Gasteiger partial charge in [-0.05, 0) is 31.4 Å². The molecule has 0 aliphatic carbocycles. The van der Waals surface area contributed by atoms with Gasteiger partial charge in [-0.15, -0.1) is 0 Å². The molecule has 2 aromatic rings. The summed E-state index contributed by atoms with van der Waals surface area (Å²) in [7, 11) is 1.76. The highest BCUT2D eigenvalue weighted by Gasteiger charge is 2.18. The molecule has 1 atom stereocenters. The molecular weight excluding hydrogens is 266 g/mol. The van der Waals surface area contributed by atoms with E-state index in [0.29, 0.717) is 18.5 Å². The predicted molar refractivity (Wildman–Crippen MR) is 80.9 cm³/mol. The number of aliphatic hydroxyl groups is 1. The third kappa shape index (κ3) is 3.92. The molecule has 0 aliphatic heterocycles. The SMILES string of the molecule is Cc1cc(C(=O)NC(CCCO)c2ccccc2)n(C)n1. The molecular formula is C16H21N3O2. The van der Waals surface area contributed by atoms with E-state index in [9.17, 15) is 4.79 Å². The molecule has 0 saturated carbocycles. The molecule has 1 aromatic carbocycles. The molecule has 1 amide bonds. The van der Waals surface area contributed by atoms with Crippen LogP contribution in [0.1, 0.15) is 40.6 Å². The standard InChI is InChI=1S/C16H21N3O2/c1-12-11-15(19(2)18-12)16(21)17-14(9-6-10-20)13-7-4-3-5-8-13/h3-5,7-8,11,14,20H,6,9-10H2,1-2H3,(H,17,21). The number of nitrogens with zero attached hydrogens (tertiary/aromatic N) is 2. The average Bonchev–Trinajstić information content (AvgIpc) is 2.83. The van der Waals surface area contributed by atoms with Gasteiger partial charge in [-0.1, -0.05) is 30.3 Å². The number of hydrogen-bond acceptors (Lipinski definition) is 3. The number of hydrogen-bond donors (Lipinski definition) is 2. The first-order chi connectivity index (χ1) is 10.1. The summed E-state index contributed by atoms with van der Waals surface area (Å²) in [4.78, 5) is 12.4. The van der Waals surface area contributed by atoms with Crippen LogP contribution in [0.3, 0.4) is 0 Å². The van der Waals surface area contributed by atoms with Crippen LogP contribution >= 0.6 is 0 Å². The fourth-order valence-corrected chi connectivity index (χ4v) is 2.36. The van der Waals surface area contributed by atoms with Crippen LogP contribution in [0.15, 0.2) is 36.4 Å². The van der Waals surface area contributed by atoms with E-state index >= 15 is 0 Å². The molecule has 5 nitrogen and oxygen atoms in total. The second kappa shape index (κ2) is 7.04. The third-order valence-corrected chi connectivity index (χ3v) is 3.39. The van der Waals surface area contributed by atoms with Gasteiger partial charge in [-0.2, -0.15) is 5.10 Å². The number of benzene rings is 1. The number of carbonyl (C=O) groups is 1. The van der Waals surface area contributed by atoms with Gasteiger partial charge in [0.2, 0.25) is 0 Å². The summed E-state index contributed by atoms with van der Waals surface area (Å²) < 4.78 is 1.58. The highest BCUT2D eigenvalue weighted by atomic mass is 16.3. The van der Waals surface area contributed by atoms with Gasteiger partial charge >= 0.3 is 0 Å². The maximum atomic E-state index is 12.4. The Morgan fingerprint density at radius 1 is 1.38 bits per heavy atom.